The van der Waals surface area contributed by atoms with E-state index in [0.717, 1.165) is 5.69 Å². The number of nitrogens with zero attached hydrogens (tertiary/aromatic N) is 4. The minimum absolute atomic E-state index is 0.0434. The number of nitrogen functional groups attached to an aromatic ring is 1. The monoisotopic (exact) mass is 406 g/mol. The van der Waals surface area contributed by atoms with Gasteiger partial charge in [-0.05, 0) is 37.3 Å². The van der Waals surface area contributed by atoms with Crippen LogP contribution in [0, 0.1) is 0 Å². The molecule has 0 spiro atoms. The van der Waals surface area contributed by atoms with Gasteiger partial charge >= 0.3 is 0 Å². The molecule has 0 bridgehead atoms. The summed E-state index contributed by atoms with van der Waals surface area (Å²) in [7, 11) is 0. The lowest BCUT2D eigenvalue weighted by Gasteiger charge is -2.08. The smallest absolute Gasteiger partial charge is 0.261 e. The van der Waals surface area contributed by atoms with Gasteiger partial charge in [-0.15, -0.1) is 11.3 Å². The summed E-state index contributed by atoms with van der Waals surface area (Å²) < 4.78 is 1.97. The largest absolute Gasteiger partial charge is 0.410 e. The van der Waals surface area contributed by atoms with Crippen LogP contribution in [0.2, 0.25) is 0 Å². The van der Waals surface area contributed by atoms with E-state index in [1.165, 1.54) is 11.3 Å². The van der Waals surface area contributed by atoms with E-state index < -0.39 is 0 Å². The van der Waals surface area contributed by atoms with E-state index in [9.17, 15) is 10.0 Å². The summed E-state index contributed by atoms with van der Waals surface area (Å²) in [6.45, 7) is 2.37. The van der Waals surface area contributed by atoms with E-state index >= 15 is 0 Å². The molecular formula is C20H18N6O2S. The Morgan fingerprint density at radius 2 is 1.97 bits per heavy atom. The van der Waals surface area contributed by atoms with Crippen molar-refractivity contribution >= 4 is 39.1 Å². The average molecular weight is 406 g/mol. The number of hydrogen-bond donors (Lipinski definition) is 3. The molecule has 8 nitrogen and oxygen atoms in total. The molecule has 0 fully saturated rings. The number of benzene rings is 1. The molecule has 4 aromatic rings. The Balaban J connectivity index is 1.78. The van der Waals surface area contributed by atoms with Crippen LogP contribution in [0.5, 0.6) is 0 Å². The molecular weight excluding hydrogens is 388 g/mol. The lowest BCUT2D eigenvalue weighted by Crippen LogP contribution is -2.21. The van der Waals surface area contributed by atoms with Gasteiger partial charge in [-0.1, -0.05) is 17.3 Å². The van der Waals surface area contributed by atoms with Gasteiger partial charge in [-0.2, -0.15) is 0 Å². The summed E-state index contributed by atoms with van der Waals surface area (Å²) in [5.74, 6) is -0.152. The molecule has 3 heterocycles. The number of anilines is 1. The minimum atomic E-state index is -0.196. The molecule has 0 saturated heterocycles. The number of thiophene rings is 1. The highest BCUT2D eigenvalue weighted by molar-refractivity contribution is 7.20. The Labute approximate surface area is 170 Å². The van der Waals surface area contributed by atoms with Gasteiger partial charge in [-0.25, -0.2) is 9.97 Å². The third-order valence-corrected chi connectivity index (χ3v) is 5.37. The predicted octanol–water partition coefficient (Wildman–Crippen LogP) is 3.04. The molecule has 4 N–H and O–H groups in total. The summed E-state index contributed by atoms with van der Waals surface area (Å²) in [4.78, 5) is 21.8. The Bertz CT molecular complexity index is 1200. The molecule has 146 valence electrons. The number of oxime groups is 1. The summed E-state index contributed by atoms with van der Waals surface area (Å²) in [5, 5.41) is 16.6. The van der Waals surface area contributed by atoms with Gasteiger partial charge in [0.05, 0.1) is 4.88 Å². The normalized spacial score (nSPS) is 11.7. The van der Waals surface area contributed by atoms with E-state index in [4.69, 9.17) is 5.73 Å². The van der Waals surface area contributed by atoms with Gasteiger partial charge in [0.2, 0.25) is 5.95 Å². The van der Waals surface area contributed by atoms with Crippen LogP contribution >= 0.6 is 11.3 Å². The van der Waals surface area contributed by atoms with Crippen molar-refractivity contribution in [3.8, 4) is 5.69 Å². The molecule has 0 atom stereocenters. The number of rotatable bonds is 5. The van der Waals surface area contributed by atoms with Crippen LogP contribution in [-0.4, -0.2) is 37.9 Å². The molecule has 4 rings (SSSR count). The van der Waals surface area contributed by atoms with Crippen LogP contribution in [0.1, 0.15) is 27.9 Å². The van der Waals surface area contributed by atoms with Crippen molar-refractivity contribution < 1.29 is 10.0 Å². The first-order chi connectivity index (χ1) is 14.1. The highest BCUT2D eigenvalue weighted by atomic mass is 32.1. The van der Waals surface area contributed by atoms with E-state index in [1.807, 2.05) is 60.3 Å². The molecule has 3 aromatic heterocycles. The van der Waals surface area contributed by atoms with Gasteiger partial charge in [0.25, 0.3) is 5.91 Å². The first-order valence-corrected chi connectivity index (χ1v) is 9.73. The maximum atomic E-state index is 12.2. The Morgan fingerprint density at radius 1 is 1.24 bits per heavy atom. The second-order valence-electron chi connectivity index (χ2n) is 6.21. The van der Waals surface area contributed by atoms with Crippen molar-refractivity contribution in [2.24, 2.45) is 5.16 Å². The van der Waals surface area contributed by atoms with Crippen LogP contribution in [0.25, 0.3) is 15.9 Å². The van der Waals surface area contributed by atoms with Crippen LogP contribution in [-0.2, 0) is 0 Å². The number of amides is 1. The molecule has 0 aliphatic heterocycles. The number of nitrogens with two attached hydrogens (primary N) is 1. The van der Waals surface area contributed by atoms with Crippen molar-refractivity contribution in [2.75, 3.05) is 12.3 Å². The van der Waals surface area contributed by atoms with Gasteiger partial charge in [0.15, 0.2) is 0 Å². The number of carbonyl (C=O) groups excluding carboxylic acids is 1. The Hall–Kier alpha value is -3.72. The molecule has 1 aromatic carbocycles. The number of carbonyl (C=O) groups is 1. The summed E-state index contributed by atoms with van der Waals surface area (Å²) in [6, 6.07) is 13.1. The second kappa shape index (κ2) is 7.72. The lowest BCUT2D eigenvalue weighted by molar-refractivity contribution is 0.0960. The van der Waals surface area contributed by atoms with Gasteiger partial charge in [-0.3, -0.25) is 4.79 Å². The topological polar surface area (TPSA) is 118 Å². The van der Waals surface area contributed by atoms with Gasteiger partial charge < -0.3 is 20.8 Å². The molecule has 9 heteroatoms. The fourth-order valence-electron chi connectivity index (χ4n) is 3.02. The predicted molar refractivity (Wildman–Crippen MR) is 113 cm³/mol. The zero-order valence-electron chi connectivity index (χ0n) is 15.5. The third-order valence-electron chi connectivity index (χ3n) is 4.34. The lowest BCUT2D eigenvalue weighted by atomic mass is 10.0. The number of aromatic nitrogens is 3. The first kappa shape index (κ1) is 18.6. The number of fused-ring (bicyclic) bond motifs is 1. The van der Waals surface area contributed by atoms with E-state index in [1.54, 1.807) is 6.07 Å². The molecule has 29 heavy (non-hydrogen) atoms. The van der Waals surface area contributed by atoms with E-state index in [2.05, 4.69) is 20.4 Å². The van der Waals surface area contributed by atoms with Crippen molar-refractivity contribution in [1.82, 2.24) is 19.9 Å². The maximum absolute atomic E-state index is 12.2. The van der Waals surface area contributed by atoms with Crippen molar-refractivity contribution in [3.63, 3.8) is 0 Å². The van der Waals surface area contributed by atoms with Crippen LogP contribution in [0.15, 0.2) is 60.0 Å². The number of hydrogen-bond acceptors (Lipinski definition) is 7. The van der Waals surface area contributed by atoms with Crippen LogP contribution in [0.4, 0.5) is 5.95 Å². The average Bonchev–Trinajstić information content (AvgIpc) is 3.39. The van der Waals surface area contributed by atoms with Gasteiger partial charge in [0, 0.05) is 35.6 Å². The fourth-order valence-corrected chi connectivity index (χ4v) is 3.97. The van der Waals surface area contributed by atoms with Crippen molar-refractivity contribution in [1.29, 1.82) is 0 Å². The van der Waals surface area contributed by atoms with Gasteiger partial charge in [0.1, 0.15) is 16.2 Å². The molecule has 1 amide bonds. The standard InChI is InChI=1S/C20H18N6O2S/c1-2-22-18(27)15-11-14-17(23-20(21)24-19(14)29-15)16(25-28)12-5-7-13(8-6-12)26-9-3-4-10-26/h3-11,28H,2H2,1H3,(H,22,27)(H2,21,23,24)/b25-16-. The Morgan fingerprint density at radius 3 is 2.62 bits per heavy atom. The number of nitrogens with one attached hydrogen (secondary N) is 1. The quantitative estimate of drug-likeness (QED) is 0.267. The molecule has 0 aliphatic rings. The SMILES string of the molecule is CCNC(=O)c1cc2c(/C(=N\O)c3ccc(-n4cccc4)cc3)nc(N)nc2s1. The summed E-state index contributed by atoms with van der Waals surface area (Å²) in [6.07, 6.45) is 3.89. The van der Waals surface area contributed by atoms with E-state index in [-0.39, 0.29) is 17.6 Å². The zero-order chi connectivity index (χ0) is 20.4. The molecule has 0 saturated carbocycles. The molecule has 0 unspecified atom stereocenters. The second-order valence-corrected chi connectivity index (χ2v) is 7.24. The van der Waals surface area contributed by atoms with Crippen molar-refractivity contribution in [2.45, 2.75) is 6.92 Å². The summed E-state index contributed by atoms with van der Waals surface area (Å²) >= 11 is 1.21. The summed E-state index contributed by atoms with van der Waals surface area (Å²) in [5.41, 5.74) is 8.13. The maximum Gasteiger partial charge on any atom is 0.261 e. The zero-order valence-corrected chi connectivity index (χ0v) is 16.3. The molecule has 0 aliphatic carbocycles. The van der Waals surface area contributed by atoms with Crippen LogP contribution in [0.3, 0.4) is 0 Å². The third kappa shape index (κ3) is 3.55. The first-order valence-electron chi connectivity index (χ1n) is 8.92. The van der Waals surface area contributed by atoms with Crippen LogP contribution < -0.4 is 11.1 Å². The van der Waals surface area contributed by atoms with E-state index in [0.29, 0.717) is 32.9 Å². The molecule has 0 radical (unpaired) electrons. The highest BCUT2D eigenvalue weighted by Crippen LogP contribution is 2.28. The highest BCUT2D eigenvalue weighted by Gasteiger charge is 2.19. The minimum Gasteiger partial charge on any atom is -0.410 e. The fraction of sp³-hybridized carbons (Fsp3) is 0.100. The Kier molecular flexibility index (Phi) is 4.96. The van der Waals surface area contributed by atoms with Crippen molar-refractivity contribution in [3.05, 3.63) is 71.0 Å².